The van der Waals surface area contributed by atoms with Gasteiger partial charge in [-0.25, -0.2) is 4.98 Å². The van der Waals surface area contributed by atoms with Gasteiger partial charge in [0.15, 0.2) is 0 Å². The first kappa shape index (κ1) is 15.0. The molecule has 0 aromatic carbocycles. The van der Waals surface area contributed by atoms with Crippen molar-refractivity contribution >= 4 is 16.7 Å². The highest BCUT2D eigenvalue weighted by atomic mass is 15.2. The third kappa shape index (κ3) is 2.52. The minimum atomic E-state index is 0.288. The second-order valence-corrected chi connectivity index (χ2v) is 7.42. The number of nitrogens with one attached hydrogen (secondary N) is 3. The number of nitrogens with zero attached hydrogens (tertiary/aromatic N) is 3. The highest BCUT2D eigenvalue weighted by Crippen LogP contribution is 2.38. The minimum Gasteiger partial charge on any atom is -0.369 e. The summed E-state index contributed by atoms with van der Waals surface area (Å²) < 4.78 is 0. The van der Waals surface area contributed by atoms with Crippen molar-refractivity contribution < 1.29 is 0 Å². The van der Waals surface area contributed by atoms with E-state index < -0.39 is 0 Å². The molecule has 0 bridgehead atoms. The summed E-state index contributed by atoms with van der Waals surface area (Å²) in [6, 6.07) is 4.18. The summed E-state index contributed by atoms with van der Waals surface area (Å²) in [6.07, 6.45) is 12.2. The van der Waals surface area contributed by atoms with Crippen molar-refractivity contribution in [2.45, 2.75) is 37.6 Å². The molecule has 3 aromatic heterocycles. The number of H-pyrrole nitrogens is 2. The molecule has 2 saturated heterocycles. The van der Waals surface area contributed by atoms with Gasteiger partial charge in [0, 0.05) is 42.8 Å². The van der Waals surface area contributed by atoms with Gasteiger partial charge in [-0.3, -0.25) is 5.10 Å². The molecule has 3 aromatic rings. The molecule has 0 amide bonds. The Morgan fingerprint density at radius 1 is 1.08 bits per heavy atom. The summed E-state index contributed by atoms with van der Waals surface area (Å²) in [5.74, 6) is 0. The van der Waals surface area contributed by atoms with Crippen molar-refractivity contribution in [1.82, 2.24) is 25.5 Å². The topological polar surface area (TPSA) is 72.6 Å². The molecule has 1 atom stereocenters. The summed E-state index contributed by atoms with van der Waals surface area (Å²) >= 11 is 0. The number of hydrogen-bond donors (Lipinski definition) is 3. The lowest BCUT2D eigenvalue weighted by Gasteiger charge is -2.47. The van der Waals surface area contributed by atoms with Gasteiger partial charge in [0.05, 0.1) is 16.8 Å². The van der Waals surface area contributed by atoms with Crippen LogP contribution < -0.4 is 10.2 Å². The van der Waals surface area contributed by atoms with Gasteiger partial charge in [-0.05, 0) is 44.4 Å². The maximum Gasteiger partial charge on any atom is 0.140 e. The van der Waals surface area contributed by atoms with Crippen LogP contribution in [-0.4, -0.2) is 45.3 Å². The Morgan fingerprint density at radius 3 is 2.88 bits per heavy atom. The molecule has 2 aliphatic heterocycles. The number of anilines is 1. The fraction of sp³-hybridized carbons (Fsp3) is 0.474. The molecule has 0 radical (unpaired) electrons. The predicted molar refractivity (Wildman–Crippen MR) is 99.7 cm³/mol. The first-order valence-electron chi connectivity index (χ1n) is 9.31. The Hall–Kier alpha value is -2.34. The molecule has 2 fully saturated rings. The zero-order valence-corrected chi connectivity index (χ0v) is 14.4. The van der Waals surface area contributed by atoms with E-state index in [1.807, 2.05) is 18.5 Å². The first-order chi connectivity index (χ1) is 12.3. The molecule has 3 N–H and O–H groups in total. The first-order valence-corrected chi connectivity index (χ1v) is 9.31. The van der Waals surface area contributed by atoms with Crippen LogP contribution in [0.25, 0.3) is 22.3 Å². The lowest BCUT2D eigenvalue weighted by Crippen LogP contribution is -2.59. The van der Waals surface area contributed by atoms with E-state index in [1.54, 1.807) is 6.20 Å². The lowest BCUT2D eigenvalue weighted by atomic mass is 9.81. The second-order valence-electron chi connectivity index (χ2n) is 7.42. The molecule has 6 nitrogen and oxygen atoms in total. The number of piperidine rings is 2. The van der Waals surface area contributed by atoms with E-state index in [9.17, 15) is 0 Å². The summed E-state index contributed by atoms with van der Waals surface area (Å²) in [6.45, 7) is 3.35. The van der Waals surface area contributed by atoms with Crippen molar-refractivity contribution in [2.75, 3.05) is 24.5 Å². The average molecular weight is 336 g/mol. The molecular formula is C19H24N6. The van der Waals surface area contributed by atoms with Crippen LogP contribution in [-0.2, 0) is 0 Å². The number of aromatic amines is 2. The molecule has 5 heterocycles. The van der Waals surface area contributed by atoms with Crippen LogP contribution in [0.2, 0.25) is 0 Å². The van der Waals surface area contributed by atoms with Gasteiger partial charge >= 0.3 is 0 Å². The van der Waals surface area contributed by atoms with Gasteiger partial charge in [0.2, 0.25) is 0 Å². The largest absolute Gasteiger partial charge is 0.369 e. The number of fused-ring (bicyclic) bond motifs is 1. The van der Waals surface area contributed by atoms with Gasteiger partial charge in [-0.1, -0.05) is 6.42 Å². The van der Waals surface area contributed by atoms with E-state index in [4.69, 9.17) is 0 Å². The average Bonchev–Trinajstić information content (AvgIpc) is 3.31. The molecule has 130 valence electrons. The zero-order valence-electron chi connectivity index (χ0n) is 14.4. The molecule has 1 spiro atoms. The molecular weight excluding hydrogens is 312 g/mol. The van der Waals surface area contributed by atoms with Crippen molar-refractivity contribution in [3.05, 3.63) is 30.7 Å². The fourth-order valence-corrected chi connectivity index (χ4v) is 4.64. The van der Waals surface area contributed by atoms with E-state index in [2.05, 4.69) is 36.4 Å². The maximum atomic E-state index is 4.54. The highest BCUT2D eigenvalue weighted by Gasteiger charge is 2.36. The normalized spacial score (nSPS) is 24.2. The fourth-order valence-electron chi connectivity index (χ4n) is 4.64. The van der Waals surface area contributed by atoms with Crippen molar-refractivity contribution in [3.8, 4) is 11.3 Å². The lowest BCUT2D eigenvalue weighted by molar-refractivity contribution is 0.216. The van der Waals surface area contributed by atoms with Crippen LogP contribution in [0.1, 0.15) is 32.1 Å². The number of pyridine rings is 1. The highest BCUT2D eigenvalue weighted by molar-refractivity contribution is 6.01. The Morgan fingerprint density at radius 2 is 2.04 bits per heavy atom. The Bertz CT molecular complexity index is 854. The van der Waals surface area contributed by atoms with E-state index in [-0.39, 0.29) is 5.54 Å². The summed E-state index contributed by atoms with van der Waals surface area (Å²) in [4.78, 5) is 10.4. The quantitative estimate of drug-likeness (QED) is 0.672. The van der Waals surface area contributed by atoms with Crippen molar-refractivity contribution in [3.63, 3.8) is 0 Å². The van der Waals surface area contributed by atoms with Crippen LogP contribution in [0.4, 0.5) is 5.69 Å². The second kappa shape index (κ2) is 5.88. The zero-order chi connectivity index (χ0) is 16.7. The Labute approximate surface area is 147 Å². The minimum absolute atomic E-state index is 0.288. The Kier molecular flexibility index (Phi) is 3.52. The summed E-state index contributed by atoms with van der Waals surface area (Å²) in [5.41, 5.74) is 4.69. The monoisotopic (exact) mass is 336 g/mol. The SMILES string of the molecule is c1cc(-c2c[nH]c3nccc(N4CCCC5(CCCCN5)C4)c23)[nH]n1. The smallest absolute Gasteiger partial charge is 0.140 e. The molecule has 5 rings (SSSR count). The van der Waals surface area contributed by atoms with Gasteiger partial charge in [-0.2, -0.15) is 5.10 Å². The third-order valence-corrected chi connectivity index (χ3v) is 5.84. The number of aromatic nitrogens is 4. The number of hydrogen-bond acceptors (Lipinski definition) is 4. The molecule has 6 heteroatoms. The van der Waals surface area contributed by atoms with Gasteiger partial charge < -0.3 is 15.2 Å². The molecule has 0 saturated carbocycles. The van der Waals surface area contributed by atoms with Crippen LogP contribution >= 0.6 is 0 Å². The third-order valence-electron chi connectivity index (χ3n) is 5.84. The molecule has 1 unspecified atom stereocenters. The van der Waals surface area contributed by atoms with Crippen molar-refractivity contribution in [1.29, 1.82) is 0 Å². The maximum absolute atomic E-state index is 4.54. The van der Waals surface area contributed by atoms with Crippen LogP contribution in [0.5, 0.6) is 0 Å². The van der Waals surface area contributed by atoms with Gasteiger partial charge in [0.25, 0.3) is 0 Å². The van der Waals surface area contributed by atoms with E-state index in [0.29, 0.717) is 0 Å². The summed E-state index contributed by atoms with van der Waals surface area (Å²) in [5, 5.41) is 12.2. The standard InChI is InChI=1S/C19H24N6/c1-2-8-22-19(6-1)7-3-11-25(13-19)16-5-9-20-18-17(16)14(12-21-18)15-4-10-23-24-15/h4-5,9-10,12,22H,1-3,6-8,11,13H2,(H,20,21)(H,23,24). The molecule has 25 heavy (non-hydrogen) atoms. The van der Waals surface area contributed by atoms with E-state index >= 15 is 0 Å². The molecule has 2 aliphatic rings. The summed E-state index contributed by atoms with van der Waals surface area (Å²) in [7, 11) is 0. The Balaban J connectivity index is 1.57. The van der Waals surface area contributed by atoms with E-state index in [0.717, 1.165) is 36.5 Å². The van der Waals surface area contributed by atoms with E-state index in [1.165, 1.54) is 43.2 Å². The predicted octanol–water partition coefficient (Wildman–Crippen LogP) is 3.07. The molecule has 0 aliphatic carbocycles. The van der Waals surface area contributed by atoms with Crippen LogP contribution in [0.15, 0.2) is 30.7 Å². The number of rotatable bonds is 2. The van der Waals surface area contributed by atoms with Gasteiger partial charge in [-0.15, -0.1) is 0 Å². The van der Waals surface area contributed by atoms with Crippen LogP contribution in [0, 0.1) is 0 Å². The van der Waals surface area contributed by atoms with Gasteiger partial charge in [0.1, 0.15) is 5.65 Å². The van der Waals surface area contributed by atoms with Crippen molar-refractivity contribution in [2.24, 2.45) is 0 Å². The van der Waals surface area contributed by atoms with Crippen LogP contribution in [0.3, 0.4) is 0 Å².